The van der Waals surface area contributed by atoms with Gasteiger partial charge in [0.15, 0.2) is 0 Å². The van der Waals surface area contributed by atoms with Gasteiger partial charge in [-0.15, -0.1) is 0 Å². The van der Waals surface area contributed by atoms with Gasteiger partial charge in [0.05, 0.1) is 0 Å². The van der Waals surface area contributed by atoms with Gasteiger partial charge in [0.2, 0.25) is 0 Å². The van der Waals surface area contributed by atoms with Crippen molar-refractivity contribution in [3.05, 3.63) is 36.0 Å². The first kappa shape index (κ1) is 13.1. The predicted molar refractivity (Wildman–Crippen MR) is 75.6 cm³/mol. The van der Waals surface area contributed by atoms with Gasteiger partial charge in [-0.25, -0.2) is 0 Å². The van der Waals surface area contributed by atoms with Crippen LogP contribution in [0.5, 0.6) is 0 Å². The molecule has 18 heavy (non-hydrogen) atoms. The van der Waals surface area contributed by atoms with Crippen LogP contribution in [0, 0.1) is 5.92 Å². The highest BCUT2D eigenvalue weighted by molar-refractivity contribution is 5.83. The minimum atomic E-state index is 0.221. The molecular weight excluding hydrogens is 224 g/mol. The Morgan fingerprint density at radius 2 is 2.00 bits per heavy atom. The molecule has 0 saturated heterocycles. The number of rotatable bonds is 5. The van der Waals surface area contributed by atoms with Crippen molar-refractivity contribution in [1.82, 2.24) is 9.88 Å². The van der Waals surface area contributed by atoms with Crippen LogP contribution in [0.4, 0.5) is 0 Å². The van der Waals surface area contributed by atoms with Crippen molar-refractivity contribution in [2.45, 2.75) is 19.4 Å². The number of H-pyrrole nitrogens is 1. The lowest BCUT2D eigenvalue weighted by atomic mass is 9.90. The van der Waals surface area contributed by atoms with Gasteiger partial charge >= 0.3 is 0 Å². The number of aromatic amines is 1. The fraction of sp³-hybridized carbons (Fsp3) is 0.467. The number of nitrogens with zero attached hydrogens (tertiary/aromatic N) is 1. The molecule has 3 heteroatoms. The molecule has 1 aromatic heterocycles. The molecular formula is C15H22N2O. The summed E-state index contributed by atoms with van der Waals surface area (Å²) in [6, 6.07) is 8.58. The molecule has 2 unspecified atom stereocenters. The second-order valence-electron chi connectivity index (χ2n) is 5.05. The molecule has 0 aliphatic heterocycles. The van der Waals surface area contributed by atoms with E-state index < -0.39 is 0 Å². The van der Waals surface area contributed by atoms with Crippen LogP contribution >= 0.6 is 0 Å². The molecule has 3 nitrogen and oxygen atoms in total. The normalized spacial score (nSPS) is 15.2. The number of aliphatic hydroxyl groups excluding tert-OH is 1. The third-order valence-corrected chi connectivity index (χ3v) is 3.70. The summed E-state index contributed by atoms with van der Waals surface area (Å²) in [7, 11) is 4.15. The molecule has 2 aromatic rings. The van der Waals surface area contributed by atoms with Crippen LogP contribution in [0.1, 0.15) is 24.9 Å². The van der Waals surface area contributed by atoms with E-state index in [1.807, 2.05) is 6.07 Å². The van der Waals surface area contributed by atoms with E-state index in [2.05, 4.69) is 55.3 Å². The number of nitrogens with one attached hydrogen (secondary N) is 1. The Balaban J connectivity index is 2.48. The maximum Gasteiger partial charge on any atom is 0.0477 e. The van der Waals surface area contributed by atoms with E-state index in [1.54, 1.807) is 0 Å². The van der Waals surface area contributed by atoms with Crippen LogP contribution in [0.3, 0.4) is 0 Å². The number of hydrogen-bond acceptors (Lipinski definition) is 2. The highest BCUT2D eigenvalue weighted by Gasteiger charge is 2.25. The summed E-state index contributed by atoms with van der Waals surface area (Å²) < 4.78 is 0. The van der Waals surface area contributed by atoms with Crippen LogP contribution in [-0.4, -0.2) is 35.7 Å². The summed E-state index contributed by atoms with van der Waals surface area (Å²) in [6.45, 7) is 2.35. The molecule has 0 radical (unpaired) electrons. The van der Waals surface area contributed by atoms with Crippen molar-refractivity contribution < 1.29 is 5.11 Å². The number of hydrogen-bond donors (Lipinski definition) is 2. The maximum absolute atomic E-state index is 9.58. The standard InChI is InChI=1S/C15H22N2O/c1-4-11(10-18)15(17(2)3)13-9-16-14-8-6-5-7-12(13)14/h5-9,11,15-16,18H,4,10H2,1-3H3. The summed E-state index contributed by atoms with van der Waals surface area (Å²) >= 11 is 0. The quantitative estimate of drug-likeness (QED) is 0.851. The number of fused-ring (bicyclic) bond motifs is 1. The Morgan fingerprint density at radius 3 is 2.61 bits per heavy atom. The molecule has 1 aromatic carbocycles. The molecule has 0 fully saturated rings. The number of para-hydroxylation sites is 1. The van der Waals surface area contributed by atoms with E-state index in [9.17, 15) is 5.11 Å². The zero-order valence-electron chi connectivity index (χ0n) is 11.4. The molecule has 0 aliphatic rings. The number of aliphatic hydroxyl groups is 1. The van der Waals surface area contributed by atoms with Crippen molar-refractivity contribution in [2.24, 2.45) is 5.92 Å². The molecule has 0 amide bonds. The maximum atomic E-state index is 9.58. The Labute approximate surface area is 108 Å². The van der Waals surface area contributed by atoms with Crippen LogP contribution in [-0.2, 0) is 0 Å². The van der Waals surface area contributed by atoms with Crippen LogP contribution < -0.4 is 0 Å². The first-order valence-electron chi connectivity index (χ1n) is 6.52. The van der Waals surface area contributed by atoms with E-state index in [4.69, 9.17) is 0 Å². The molecule has 0 saturated carbocycles. The Bertz CT molecular complexity index is 500. The van der Waals surface area contributed by atoms with Crippen molar-refractivity contribution in [3.8, 4) is 0 Å². The smallest absolute Gasteiger partial charge is 0.0477 e. The molecule has 1 heterocycles. The average Bonchev–Trinajstić information content (AvgIpc) is 2.79. The van der Waals surface area contributed by atoms with Gasteiger partial charge < -0.3 is 15.0 Å². The highest BCUT2D eigenvalue weighted by Crippen LogP contribution is 2.33. The van der Waals surface area contributed by atoms with Gasteiger partial charge in [0, 0.05) is 35.7 Å². The average molecular weight is 246 g/mol. The second kappa shape index (κ2) is 5.55. The summed E-state index contributed by atoms with van der Waals surface area (Å²) in [5.74, 6) is 0.263. The first-order chi connectivity index (χ1) is 8.69. The number of benzene rings is 1. The van der Waals surface area contributed by atoms with E-state index >= 15 is 0 Å². The van der Waals surface area contributed by atoms with E-state index in [0.29, 0.717) is 0 Å². The fourth-order valence-electron chi connectivity index (χ4n) is 2.74. The summed E-state index contributed by atoms with van der Waals surface area (Å²) in [5.41, 5.74) is 2.43. The largest absolute Gasteiger partial charge is 0.396 e. The molecule has 2 rings (SSSR count). The third kappa shape index (κ3) is 2.28. The van der Waals surface area contributed by atoms with Gasteiger partial charge in [0.1, 0.15) is 0 Å². The lowest BCUT2D eigenvalue weighted by Gasteiger charge is -2.30. The first-order valence-corrected chi connectivity index (χ1v) is 6.52. The van der Waals surface area contributed by atoms with Gasteiger partial charge in [-0.3, -0.25) is 0 Å². The Morgan fingerprint density at radius 1 is 1.28 bits per heavy atom. The third-order valence-electron chi connectivity index (χ3n) is 3.70. The van der Waals surface area contributed by atoms with Crippen molar-refractivity contribution in [3.63, 3.8) is 0 Å². The van der Waals surface area contributed by atoms with E-state index in [-0.39, 0.29) is 18.6 Å². The molecule has 0 bridgehead atoms. The van der Waals surface area contributed by atoms with Gasteiger partial charge in [-0.1, -0.05) is 25.1 Å². The summed E-state index contributed by atoms with van der Waals surface area (Å²) in [6.07, 6.45) is 3.05. The fourth-order valence-corrected chi connectivity index (χ4v) is 2.74. The van der Waals surface area contributed by atoms with Crippen LogP contribution in [0.15, 0.2) is 30.5 Å². The van der Waals surface area contributed by atoms with E-state index in [0.717, 1.165) is 11.9 Å². The highest BCUT2D eigenvalue weighted by atomic mass is 16.3. The zero-order chi connectivity index (χ0) is 13.1. The van der Waals surface area contributed by atoms with Crippen molar-refractivity contribution in [1.29, 1.82) is 0 Å². The SMILES string of the molecule is CCC(CO)C(c1c[nH]c2ccccc12)N(C)C. The topological polar surface area (TPSA) is 39.3 Å². The van der Waals surface area contributed by atoms with Gasteiger partial charge in [0.25, 0.3) is 0 Å². The van der Waals surface area contributed by atoms with E-state index in [1.165, 1.54) is 10.9 Å². The minimum Gasteiger partial charge on any atom is -0.396 e. The van der Waals surface area contributed by atoms with Gasteiger partial charge in [-0.2, -0.15) is 0 Å². The Hall–Kier alpha value is -1.32. The lowest BCUT2D eigenvalue weighted by Crippen LogP contribution is -2.29. The minimum absolute atomic E-state index is 0.221. The summed E-state index contributed by atoms with van der Waals surface area (Å²) in [5, 5.41) is 10.8. The predicted octanol–water partition coefficient (Wildman–Crippen LogP) is 2.79. The van der Waals surface area contributed by atoms with Crippen molar-refractivity contribution >= 4 is 10.9 Å². The Kier molecular flexibility index (Phi) is 4.04. The monoisotopic (exact) mass is 246 g/mol. The summed E-state index contributed by atoms with van der Waals surface area (Å²) in [4.78, 5) is 5.51. The van der Waals surface area contributed by atoms with Crippen LogP contribution in [0.2, 0.25) is 0 Å². The second-order valence-corrected chi connectivity index (χ2v) is 5.05. The lowest BCUT2D eigenvalue weighted by molar-refractivity contribution is 0.131. The number of aromatic nitrogens is 1. The van der Waals surface area contributed by atoms with Gasteiger partial charge in [-0.05, 0) is 32.1 Å². The van der Waals surface area contributed by atoms with Crippen LogP contribution in [0.25, 0.3) is 10.9 Å². The molecule has 0 aliphatic carbocycles. The molecule has 2 N–H and O–H groups in total. The molecule has 0 spiro atoms. The zero-order valence-corrected chi connectivity index (χ0v) is 11.4. The van der Waals surface area contributed by atoms with Crippen molar-refractivity contribution in [2.75, 3.05) is 20.7 Å². The molecule has 98 valence electrons. The molecule has 2 atom stereocenters.